The van der Waals surface area contributed by atoms with Crippen molar-refractivity contribution in [1.29, 1.82) is 0 Å². The minimum Gasteiger partial charge on any atom is -0.481 e. The van der Waals surface area contributed by atoms with Crippen LogP contribution in [0.1, 0.15) is 91.0 Å². The lowest BCUT2D eigenvalue weighted by Gasteiger charge is -2.27. The van der Waals surface area contributed by atoms with Gasteiger partial charge in [-0.05, 0) is 75.9 Å². The molecule has 0 aromatic heterocycles. The molecule has 91 heavy (non-hydrogen) atoms. The van der Waals surface area contributed by atoms with E-state index in [1.165, 1.54) is 11.8 Å². The molecule has 37 heteroatoms. The second-order valence-electron chi connectivity index (χ2n) is 21.2. The number of thioether (sulfide) groups is 1. The zero-order valence-electron chi connectivity index (χ0n) is 50.9. The number of carbonyl (C=O) groups excluding carboxylic acids is 12. The highest BCUT2D eigenvalue weighted by Gasteiger charge is 2.35. The molecular weight excluding hydrogens is 1220 g/mol. The normalized spacial score (nSPS) is 14.5. The average molecular weight is 1310 g/mol. The maximum Gasteiger partial charge on any atom is 0.325 e. The van der Waals surface area contributed by atoms with Gasteiger partial charge in [0, 0.05) is 25.8 Å². The predicted molar refractivity (Wildman–Crippen MR) is 324 cm³/mol. The number of primary amides is 1. The van der Waals surface area contributed by atoms with Crippen LogP contribution in [0.2, 0.25) is 0 Å². The van der Waals surface area contributed by atoms with Crippen molar-refractivity contribution < 1.29 is 97.5 Å². The summed E-state index contributed by atoms with van der Waals surface area (Å²) < 4.78 is 0. The molecule has 0 saturated heterocycles. The summed E-state index contributed by atoms with van der Waals surface area (Å²) in [6, 6.07) is -7.58. The predicted octanol–water partition coefficient (Wildman–Crippen LogP) is -7.91. The first-order valence-electron chi connectivity index (χ1n) is 28.5. The van der Waals surface area contributed by atoms with Crippen LogP contribution in [-0.4, -0.2) is 225 Å². The first kappa shape index (κ1) is 79.8. The van der Waals surface area contributed by atoms with Crippen LogP contribution in [0.3, 0.4) is 0 Å². The van der Waals surface area contributed by atoms with Gasteiger partial charge < -0.3 is 107 Å². The van der Waals surface area contributed by atoms with Crippen molar-refractivity contribution >= 4 is 107 Å². The van der Waals surface area contributed by atoms with Gasteiger partial charge in [-0.2, -0.15) is 11.8 Å². The smallest absolute Gasteiger partial charge is 0.325 e. The van der Waals surface area contributed by atoms with Gasteiger partial charge in [-0.25, -0.2) is 0 Å². The summed E-state index contributed by atoms with van der Waals surface area (Å²) in [5.74, 6) is -17.1. The molecule has 0 radical (unpaired) electrons. The fraction of sp³-hybridized carbons (Fsp3) is 0.593. The van der Waals surface area contributed by atoms with Crippen LogP contribution < -0.4 is 81.4 Å². The van der Waals surface area contributed by atoms with Crippen molar-refractivity contribution in [2.24, 2.45) is 33.8 Å². The number of aliphatic carboxylic acids is 3. The number of hydrogen-bond acceptors (Lipinski definition) is 20. The van der Waals surface area contributed by atoms with Crippen molar-refractivity contribution in [2.75, 3.05) is 38.2 Å². The fourth-order valence-electron chi connectivity index (χ4n) is 8.05. The van der Waals surface area contributed by atoms with Gasteiger partial charge in [0.15, 0.2) is 5.96 Å². The van der Waals surface area contributed by atoms with E-state index in [9.17, 15) is 92.3 Å². The molecular formula is C54H86N16O20S. The van der Waals surface area contributed by atoms with Crippen molar-refractivity contribution in [2.45, 2.75) is 158 Å². The van der Waals surface area contributed by atoms with E-state index in [0.717, 1.165) is 13.8 Å². The number of aliphatic imine (C=N–C) groups is 1. The van der Waals surface area contributed by atoms with E-state index in [1.807, 2.05) is 5.32 Å². The number of carboxylic acid groups (broad SMARTS) is 3. The lowest BCUT2D eigenvalue weighted by Crippen LogP contribution is -2.60. The van der Waals surface area contributed by atoms with E-state index in [0.29, 0.717) is 11.3 Å². The highest BCUT2D eigenvalue weighted by Crippen LogP contribution is 2.11. The molecule has 1 rings (SSSR count). The summed E-state index contributed by atoms with van der Waals surface area (Å²) in [5.41, 5.74) is 22.4. The number of aliphatic hydroxyl groups is 2. The molecule has 1 aromatic carbocycles. The lowest BCUT2D eigenvalue weighted by molar-refractivity contribution is -0.142. The molecule has 0 heterocycles. The zero-order chi connectivity index (χ0) is 69.1. The number of guanidine groups is 1. The average Bonchev–Trinajstić information content (AvgIpc) is 1.49. The molecule has 11 atom stereocenters. The molecule has 0 aliphatic carbocycles. The van der Waals surface area contributed by atoms with Gasteiger partial charge in [0.1, 0.15) is 54.4 Å². The molecule has 0 fully saturated rings. The quantitative estimate of drug-likeness (QED) is 0.0164. The fourth-order valence-corrected chi connectivity index (χ4v) is 8.54. The Morgan fingerprint density at radius 2 is 1.00 bits per heavy atom. The molecule has 0 unspecified atom stereocenters. The minimum atomic E-state index is -1.85. The number of amides is 12. The van der Waals surface area contributed by atoms with Gasteiger partial charge in [0.05, 0.1) is 38.3 Å². The number of nitrogens with zero attached hydrogens (tertiary/aromatic N) is 1. The highest BCUT2D eigenvalue weighted by atomic mass is 32.2. The Bertz CT molecular complexity index is 2720. The lowest BCUT2D eigenvalue weighted by atomic mass is 10.0. The van der Waals surface area contributed by atoms with Crippen LogP contribution in [0.15, 0.2) is 35.3 Å². The Kier molecular flexibility index (Phi) is 36.7. The molecule has 12 amide bonds. The van der Waals surface area contributed by atoms with E-state index in [1.54, 1.807) is 50.4 Å². The van der Waals surface area contributed by atoms with Crippen LogP contribution in [-0.2, 0) is 78.3 Å². The number of carbonyl (C=O) groups is 15. The molecule has 24 N–H and O–H groups in total. The van der Waals surface area contributed by atoms with E-state index < -0.39 is 207 Å². The van der Waals surface area contributed by atoms with Crippen LogP contribution in [0, 0.1) is 5.92 Å². The molecule has 508 valence electrons. The highest BCUT2D eigenvalue weighted by molar-refractivity contribution is 7.98. The molecule has 0 aliphatic rings. The Morgan fingerprint density at radius 1 is 0.538 bits per heavy atom. The number of rotatable bonds is 44. The third-order valence-electron chi connectivity index (χ3n) is 12.9. The summed E-state index contributed by atoms with van der Waals surface area (Å²) in [5, 5.41) is 73.8. The number of benzene rings is 1. The number of nitrogens with one attached hydrogen (secondary N) is 11. The Labute approximate surface area is 527 Å². The van der Waals surface area contributed by atoms with Crippen LogP contribution in [0.25, 0.3) is 0 Å². The number of carboxylic acids is 3. The van der Waals surface area contributed by atoms with E-state index >= 15 is 0 Å². The van der Waals surface area contributed by atoms with Gasteiger partial charge in [0.2, 0.25) is 70.9 Å². The van der Waals surface area contributed by atoms with Crippen molar-refractivity contribution in [1.82, 2.24) is 58.5 Å². The Hall–Kier alpha value is -9.23. The van der Waals surface area contributed by atoms with Gasteiger partial charge in [0.25, 0.3) is 0 Å². The molecule has 1 aromatic rings. The Balaban J connectivity index is 3.34. The van der Waals surface area contributed by atoms with Gasteiger partial charge in [-0.1, -0.05) is 44.2 Å². The summed E-state index contributed by atoms with van der Waals surface area (Å²) >= 11 is 1.41. The van der Waals surface area contributed by atoms with Gasteiger partial charge in [-0.15, -0.1) is 0 Å². The third-order valence-corrected chi connectivity index (χ3v) is 13.5. The first-order valence-corrected chi connectivity index (χ1v) is 29.9. The second kappa shape index (κ2) is 41.9. The van der Waals surface area contributed by atoms with E-state index in [4.69, 9.17) is 28.0 Å². The maximum absolute atomic E-state index is 14.2. The SMILES string of the molecule is CSCC[C@H](N)C(=O)N[C@@H](CCC(=O)O)C(=O)N[C@@H](Cc1ccccc1)C(=O)N[C@@H](CCC(=O)O)C(=O)N[C@@H](CC(C)C)C(=O)NCC(=O)N[C@H](C(=O)N[C@@H](CCCN=C(N)N)C(=O)NCC(=O)N[C@@H](CO)C(=O)N[C@@H](CC(N)=O)C(=O)N[C@@H](C)C(=O)O)[C@@H](C)O. The zero-order valence-corrected chi connectivity index (χ0v) is 51.8. The standard InChI is InChI=1S/C54H86N16O20S/c1-26(2)20-34(67-48(84)33(14-16-42(78)79)65-50(86)35(21-29-10-7-6-8-11-29)68-47(83)32(13-15-41(76)77)64-44(80)30(55)17-19-91-5)46(82)61-24-40(75)70-43(28(4)72)52(88)66-31(12-9-18-59-54(57)58)45(81)60-23-39(74)63-37(25-71)51(87)69-36(22-38(56)73)49(85)62-27(3)53(89)90/h6-8,10-11,26-28,30-37,43,71-72H,9,12-25,55H2,1-5H3,(H2,56,73)(H,60,81)(H,61,82)(H,62,85)(H,63,74)(H,64,80)(H,65,86)(H,66,88)(H,67,84)(H,68,83)(H,69,87)(H,70,75)(H,76,77)(H,78,79)(H,89,90)(H4,57,58,59)/t27-,28+,30-,31-,32-,33-,34-,35-,36-,37-,43-/m0/s1. The van der Waals surface area contributed by atoms with Gasteiger partial charge >= 0.3 is 17.9 Å². The van der Waals surface area contributed by atoms with Crippen LogP contribution >= 0.6 is 11.8 Å². The number of nitrogens with two attached hydrogens (primary N) is 4. The monoisotopic (exact) mass is 1310 g/mol. The molecule has 0 spiro atoms. The molecule has 36 nitrogen and oxygen atoms in total. The van der Waals surface area contributed by atoms with Gasteiger partial charge in [-0.3, -0.25) is 76.9 Å². The third kappa shape index (κ3) is 32.7. The largest absolute Gasteiger partial charge is 0.481 e. The molecule has 0 aliphatic heterocycles. The van der Waals surface area contributed by atoms with E-state index in [-0.39, 0.29) is 50.5 Å². The van der Waals surface area contributed by atoms with Crippen molar-refractivity contribution in [3.05, 3.63) is 35.9 Å². The number of aliphatic hydroxyl groups excluding tert-OH is 2. The summed E-state index contributed by atoms with van der Waals surface area (Å²) in [4.78, 5) is 198. The first-order chi connectivity index (χ1) is 42.7. The van der Waals surface area contributed by atoms with Crippen molar-refractivity contribution in [3.8, 4) is 0 Å². The minimum absolute atomic E-state index is 0.00108. The summed E-state index contributed by atoms with van der Waals surface area (Å²) in [7, 11) is 0. The molecule has 0 saturated carbocycles. The van der Waals surface area contributed by atoms with Crippen molar-refractivity contribution in [3.63, 3.8) is 0 Å². The van der Waals surface area contributed by atoms with Crippen LogP contribution in [0.5, 0.6) is 0 Å². The number of hydrogen-bond donors (Lipinski definition) is 20. The summed E-state index contributed by atoms with van der Waals surface area (Å²) in [6.45, 7) is 2.48. The van der Waals surface area contributed by atoms with Crippen LogP contribution in [0.4, 0.5) is 0 Å². The van der Waals surface area contributed by atoms with E-state index in [2.05, 4.69) is 58.2 Å². The summed E-state index contributed by atoms with van der Waals surface area (Å²) in [6.07, 6.45) is -3.37. The Morgan fingerprint density at radius 3 is 1.49 bits per heavy atom. The topological polar surface area (TPSA) is 606 Å². The second-order valence-corrected chi connectivity index (χ2v) is 22.1. The molecule has 0 bridgehead atoms. The maximum atomic E-state index is 14.2.